The number of aryl methyl sites for hydroxylation is 1. The first-order valence-electron chi connectivity index (χ1n) is 8.26. The standard InChI is InChI=1S/C18H20N4O3/c1-3-25-17(24)13-6-4-5-7-14(13)21-18-19-11(2)10-15(22-18)16(23)20-12-8-9-12/h4-7,10,12H,3,8-9H2,1-2H3,(H,20,23)(H,19,21,22). The number of carbonyl (C=O) groups excluding carboxylic acids is 2. The van der Waals surface area contributed by atoms with Crippen molar-refractivity contribution >= 4 is 23.5 Å². The maximum Gasteiger partial charge on any atom is 0.340 e. The summed E-state index contributed by atoms with van der Waals surface area (Å²) in [5, 5.41) is 5.92. The molecule has 1 aliphatic rings. The van der Waals surface area contributed by atoms with Gasteiger partial charge in [-0.05, 0) is 44.9 Å². The van der Waals surface area contributed by atoms with Gasteiger partial charge < -0.3 is 15.4 Å². The van der Waals surface area contributed by atoms with E-state index in [9.17, 15) is 9.59 Å². The van der Waals surface area contributed by atoms with Crippen LogP contribution in [0.25, 0.3) is 0 Å². The smallest absolute Gasteiger partial charge is 0.340 e. The zero-order valence-electron chi connectivity index (χ0n) is 14.2. The van der Waals surface area contributed by atoms with Crippen LogP contribution in [0.2, 0.25) is 0 Å². The Balaban J connectivity index is 1.84. The third kappa shape index (κ3) is 4.32. The highest BCUT2D eigenvalue weighted by molar-refractivity contribution is 5.96. The van der Waals surface area contributed by atoms with Gasteiger partial charge in [0.05, 0.1) is 17.9 Å². The van der Waals surface area contributed by atoms with Crippen molar-refractivity contribution in [1.29, 1.82) is 0 Å². The molecule has 25 heavy (non-hydrogen) atoms. The van der Waals surface area contributed by atoms with Gasteiger partial charge in [0, 0.05) is 11.7 Å². The highest BCUT2D eigenvalue weighted by atomic mass is 16.5. The van der Waals surface area contributed by atoms with Crippen LogP contribution in [0.1, 0.15) is 46.3 Å². The summed E-state index contributed by atoms with van der Waals surface area (Å²) >= 11 is 0. The van der Waals surface area contributed by atoms with E-state index in [1.807, 2.05) is 0 Å². The molecule has 1 aromatic carbocycles. The van der Waals surface area contributed by atoms with Gasteiger partial charge in [-0.1, -0.05) is 12.1 Å². The van der Waals surface area contributed by atoms with E-state index in [-0.39, 0.29) is 17.9 Å². The van der Waals surface area contributed by atoms with Crippen LogP contribution >= 0.6 is 0 Å². The molecule has 0 bridgehead atoms. The van der Waals surface area contributed by atoms with E-state index in [1.54, 1.807) is 44.2 Å². The first-order valence-corrected chi connectivity index (χ1v) is 8.26. The Kier molecular flexibility index (Phi) is 4.92. The van der Waals surface area contributed by atoms with Gasteiger partial charge >= 0.3 is 5.97 Å². The molecule has 0 aliphatic heterocycles. The average Bonchev–Trinajstić information content (AvgIpc) is 3.39. The number of aromatic nitrogens is 2. The number of nitrogens with one attached hydrogen (secondary N) is 2. The number of nitrogens with zero attached hydrogens (tertiary/aromatic N) is 2. The molecule has 1 heterocycles. The zero-order chi connectivity index (χ0) is 17.8. The Labute approximate surface area is 145 Å². The maximum absolute atomic E-state index is 12.2. The molecule has 3 rings (SSSR count). The third-order valence-corrected chi connectivity index (χ3v) is 3.67. The fourth-order valence-electron chi connectivity index (χ4n) is 2.33. The number of para-hydroxylation sites is 1. The van der Waals surface area contributed by atoms with E-state index in [4.69, 9.17) is 4.74 Å². The van der Waals surface area contributed by atoms with Crippen LogP contribution < -0.4 is 10.6 Å². The number of amides is 1. The first kappa shape index (κ1) is 16.9. The number of hydrogen-bond acceptors (Lipinski definition) is 6. The van der Waals surface area contributed by atoms with Gasteiger partial charge in [0.1, 0.15) is 5.69 Å². The monoisotopic (exact) mass is 340 g/mol. The number of anilines is 2. The molecule has 130 valence electrons. The molecule has 1 amide bonds. The van der Waals surface area contributed by atoms with E-state index >= 15 is 0 Å². The van der Waals surface area contributed by atoms with Gasteiger partial charge in [-0.15, -0.1) is 0 Å². The van der Waals surface area contributed by atoms with E-state index in [2.05, 4.69) is 20.6 Å². The molecule has 0 unspecified atom stereocenters. The Hall–Kier alpha value is -2.96. The van der Waals surface area contributed by atoms with Crippen LogP contribution in [0, 0.1) is 6.92 Å². The van der Waals surface area contributed by atoms with Gasteiger partial charge in [0.2, 0.25) is 5.95 Å². The maximum atomic E-state index is 12.2. The van der Waals surface area contributed by atoms with Crippen LogP contribution in [-0.2, 0) is 4.74 Å². The molecule has 2 aromatic rings. The second kappa shape index (κ2) is 7.29. The number of benzene rings is 1. The summed E-state index contributed by atoms with van der Waals surface area (Å²) in [6, 6.07) is 8.84. The minimum atomic E-state index is -0.426. The molecule has 1 fully saturated rings. The SMILES string of the molecule is CCOC(=O)c1ccccc1Nc1nc(C)cc(C(=O)NC2CC2)n1. The van der Waals surface area contributed by atoms with Gasteiger partial charge in [0.15, 0.2) is 0 Å². The Morgan fingerprint density at radius 2 is 2.00 bits per heavy atom. The Morgan fingerprint density at radius 1 is 1.24 bits per heavy atom. The molecular weight excluding hydrogens is 320 g/mol. The van der Waals surface area contributed by atoms with Crippen molar-refractivity contribution in [1.82, 2.24) is 15.3 Å². The molecule has 0 atom stereocenters. The van der Waals surface area contributed by atoms with Gasteiger partial charge in [-0.2, -0.15) is 0 Å². The lowest BCUT2D eigenvalue weighted by Crippen LogP contribution is -2.26. The Bertz CT molecular complexity index is 803. The molecule has 7 heteroatoms. The minimum Gasteiger partial charge on any atom is -0.462 e. The van der Waals surface area contributed by atoms with Crippen molar-refractivity contribution in [2.75, 3.05) is 11.9 Å². The van der Waals surface area contributed by atoms with Crippen molar-refractivity contribution in [2.45, 2.75) is 32.7 Å². The van der Waals surface area contributed by atoms with Gasteiger partial charge in [-0.3, -0.25) is 4.79 Å². The summed E-state index contributed by atoms with van der Waals surface area (Å²) in [5.41, 5.74) is 1.88. The number of carbonyl (C=O) groups is 2. The van der Waals surface area contributed by atoms with Crippen molar-refractivity contribution in [3.05, 3.63) is 47.3 Å². The summed E-state index contributed by atoms with van der Waals surface area (Å²) in [6.07, 6.45) is 2.02. The van der Waals surface area contributed by atoms with Crippen LogP contribution in [0.5, 0.6) is 0 Å². The lowest BCUT2D eigenvalue weighted by atomic mass is 10.2. The second-order valence-corrected chi connectivity index (χ2v) is 5.86. The fraction of sp³-hybridized carbons (Fsp3) is 0.333. The predicted molar refractivity (Wildman–Crippen MR) is 92.9 cm³/mol. The van der Waals surface area contributed by atoms with Crippen molar-refractivity contribution in [3.63, 3.8) is 0 Å². The quantitative estimate of drug-likeness (QED) is 0.785. The minimum absolute atomic E-state index is 0.213. The molecule has 1 aliphatic carbocycles. The van der Waals surface area contributed by atoms with Crippen LogP contribution in [0.15, 0.2) is 30.3 Å². The fourth-order valence-corrected chi connectivity index (χ4v) is 2.33. The van der Waals surface area contributed by atoms with Gasteiger partial charge in [0.25, 0.3) is 5.91 Å². The lowest BCUT2D eigenvalue weighted by molar-refractivity contribution is 0.0527. The summed E-state index contributed by atoms with van der Waals surface area (Å²) in [5.74, 6) is -0.377. The molecule has 7 nitrogen and oxygen atoms in total. The highest BCUT2D eigenvalue weighted by Crippen LogP contribution is 2.21. The molecule has 2 N–H and O–H groups in total. The molecule has 0 spiro atoms. The average molecular weight is 340 g/mol. The van der Waals surface area contributed by atoms with E-state index in [0.717, 1.165) is 12.8 Å². The molecule has 0 radical (unpaired) electrons. The summed E-state index contributed by atoms with van der Waals surface area (Å²) in [4.78, 5) is 32.8. The normalized spacial score (nSPS) is 13.2. The van der Waals surface area contributed by atoms with Crippen molar-refractivity contribution in [3.8, 4) is 0 Å². The largest absolute Gasteiger partial charge is 0.462 e. The van der Waals surface area contributed by atoms with E-state index < -0.39 is 5.97 Å². The summed E-state index contributed by atoms with van der Waals surface area (Å²) < 4.78 is 5.06. The number of hydrogen-bond donors (Lipinski definition) is 2. The van der Waals surface area contributed by atoms with Crippen LogP contribution in [-0.4, -0.2) is 34.5 Å². The Morgan fingerprint density at radius 3 is 2.72 bits per heavy atom. The van der Waals surface area contributed by atoms with Crippen LogP contribution in [0.4, 0.5) is 11.6 Å². The summed E-state index contributed by atoms with van der Waals surface area (Å²) in [7, 11) is 0. The topological polar surface area (TPSA) is 93.2 Å². The summed E-state index contributed by atoms with van der Waals surface area (Å²) in [6.45, 7) is 3.83. The van der Waals surface area contributed by atoms with Crippen molar-refractivity contribution in [2.24, 2.45) is 0 Å². The number of esters is 1. The first-order chi connectivity index (χ1) is 12.1. The third-order valence-electron chi connectivity index (χ3n) is 3.67. The number of ether oxygens (including phenoxy) is 1. The zero-order valence-corrected chi connectivity index (χ0v) is 14.2. The highest BCUT2D eigenvalue weighted by Gasteiger charge is 2.24. The predicted octanol–water partition coefficient (Wildman–Crippen LogP) is 2.60. The number of rotatable bonds is 6. The van der Waals surface area contributed by atoms with Crippen molar-refractivity contribution < 1.29 is 14.3 Å². The van der Waals surface area contributed by atoms with E-state index in [0.29, 0.717) is 29.2 Å². The lowest BCUT2D eigenvalue weighted by Gasteiger charge is -2.11. The molecule has 1 saturated carbocycles. The molecular formula is C18H20N4O3. The van der Waals surface area contributed by atoms with E-state index in [1.165, 1.54) is 0 Å². The molecule has 0 saturated heterocycles. The van der Waals surface area contributed by atoms with Crippen LogP contribution in [0.3, 0.4) is 0 Å². The molecule has 1 aromatic heterocycles. The van der Waals surface area contributed by atoms with Gasteiger partial charge in [-0.25, -0.2) is 14.8 Å². The second-order valence-electron chi connectivity index (χ2n) is 5.86.